The van der Waals surface area contributed by atoms with E-state index in [1.165, 1.54) is 12.3 Å². The second-order valence-electron chi connectivity index (χ2n) is 5.65. The van der Waals surface area contributed by atoms with Crippen molar-refractivity contribution in [2.75, 3.05) is 11.9 Å². The number of nitrogens with one attached hydrogen (secondary N) is 2. The first-order valence-corrected chi connectivity index (χ1v) is 8.34. The summed E-state index contributed by atoms with van der Waals surface area (Å²) in [5.41, 5.74) is 1.56. The van der Waals surface area contributed by atoms with Crippen LogP contribution in [0, 0.1) is 0 Å². The molecule has 2 aromatic carbocycles. The van der Waals surface area contributed by atoms with Gasteiger partial charge in [-0.3, -0.25) is 9.59 Å². The lowest BCUT2D eigenvalue weighted by molar-refractivity contribution is -0.137. The Morgan fingerprint density at radius 1 is 1.11 bits per heavy atom. The highest BCUT2D eigenvalue weighted by Gasteiger charge is 2.30. The number of anilines is 1. The van der Waals surface area contributed by atoms with Crippen LogP contribution in [0.2, 0.25) is 0 Å². The standard InChI is InChI=1S/C19H18F3N3O3/c1-2-9-28-16-8-3-5-13(10-16)12-23-25-18(27)17(26)24-15-7-4-6-14(11-15)19(20,21)22/h3-8,10-12H,2,9H2,1H3,(H,24,26)(H,25,27)/b23-12-. The average molecular weight is 393 g/mol. The fraction of sp³-hybridized carbons (Fsp3) is 0.211. The van der Waals surface area contributed by atoms with E-state index in [0.29, 0.717) is 17.9 Å². The number of ether oxygens (including phenoxy) is 1. The van der Waals surface area contributed by atoms with Crippen molar-refractivity contribution in [2.24, 2.45) is 5.10 Å². The summed E-state index contributed by atoms with van der Waals surface area (Å²) < 4.78 is 43.5. The lowest BCUT2D eigenvalue weighted by Crippen LogP contribution is -2.32. The molecule has 28 heavy (non-hydrogen) atoms. The van der Waals surface area contributed by atoms with Gasteiger partial charge in [-0.15, -0.1) is 0 Å². The Balaban J connectivity index is 1.92. The van der Waals surface area contributed by atoms with Gasteiger partial charge in [-0.05, 0) is 42.3 Å². The summed E-state index contributed by atoms with van der Waals surface area (Å²) in [6.45, 7) is 2.54. The first-order chi connectivity index (χ1) is 13.3. The highest BCUT2D eigenvalue weighted by molar-refractivity contribution is 6.39. The van der Waals surface area contributed by atoms with Gasteiger partial charge >= 0.3 is 18.0 Å². The Hall–Kier alpha value is -3.36. The monoisotopic (exact) mass is 393 g/mol. The third-order valence-electron chi connectivity index (χ3n) is 3.36. The van der Waals surface area contributed by atoms with Crippen molar-refractivity contribution in [3.8, 4) is 5.75 Å². The molecule has 0 aromatic heterocycles. The Morgan fingerprint density at radius 3 is 2.57 bits per heavy atom. The van der Waals surface area contributed by atoms with E-state index in [-0.39, 0.29) is 5.69 Å². The predicted octanol–water partition coefficient (Wildman–Crippen LogP) is 3.58. The van der Waals surface area contributed by atoms with Gasteiger partial charge in [-0.25, -0.2) is 5.43 Å². The summed E-state index contributed by atoms with van der Waals surface area (Å²) in [5.74, 6) is -1.62. The maximum absolute atomic E-state index is 12.7. The van der Waals surface area contributed by atoms with Crippen LogP contribution in [-0.4, -0.2) is 24.6 Å². The molecule has 0 radical (unpaired) electrons. The molecule has 0 spiro atoms. The van der Waals surface area contributed by atoms with Crippen LogP contribution in [0.3, 0.4) is 0 Å². The van der Waals surface area contributed by atoms with Crippen LogP contribution in [0.4, 0.5) is 18.9 Å². The van der Waals surface area contributed by atoms with Crippen molar-refractivity contribution in [3.05, 3.63) is 59.7 Å². The number of nitrogens with zero attached hydrogens (tertiary/aromatic N) is 1. The van der Waals surface area contributed by atoms with E-state index in [4.69, 9.17) is 4.74 Å². The molecule has 0 aliphatic carbocycles. The zero-order valence-corrected chi connectivity index (χ0v) is 14.9. The van der Waals surface area contributed by atoms with E-state index in [2.05, 4.69) is 10.4 Å². The quantitative estimate of drug-likeness (QED) is 0.447. The zero-order valence-electron chi connectivity index (χ0n) is 14.9. The third-order valence-corrected chi connectivity index (χ3v) is 3.36. The molecule has 0 atom stereocenters. The van der Waals surface area contributed by atoms with Crippen LogP contribution >= 0.6 is 0 Å². The number of rotatable bonds is 6. The number of halogens is 3. The molecule has 0 aliphatic heterocycles. The van der Waals surface area contributed by atoms with Gasteiger partial charge in [0.2, 0.25) is 0 Å². The van der Waals surface area contributed by atoms with Crippen molar-refractivity contribution in [3.63, 3.8) is 0 Å². The largest absolute Gasteiger partial charge is 0.494 e. The minimum atomic E-state index is -4.55. The number of benzene rings is 2. The van der Waals surface area contributed by atoms with Crippen LogP contribution in [-0.2, 0) is 15.8 Å². The van der Waals surface area contributed by atoms with Crippen LogP contribution < -0.4 is 15.5 Å². The fourth-order valence-electron chi connectivity index (χ4n) is 2.08. The third kappa shape index (κ3) is 6.42. The lowest BCUT2D eigenvalue weighted by Gasteiger charge is -2.09. The molecule has 0 fully saturated rings. The molecule has 2 amide bonds. The van der Waals surface area contributed by atoms with Gasteiger partial charge in [0.25, 0.3) is 0 Å². The number of hydrogen-bond donors (Lipinski definition) is 2. The van der Waals surface area contributed by atoms with Gasteiger partial charge in [0.1, 0.15) is 5.75 Å². The van der Waals surface area contributed by atoms with E-state index in [9.17, 15) is 22.8 Å². The first kappa shape index (κ1) is 20.9. The summed E-state index contributed by atoms with van der Waals surface area (Å²) in [4.78, 5) is 23.5. The van der Waals surface area contributed by atoms with Gasteiger partial charge in [0.05, 0.1) is 18.4 Å². The topological polar surface area (TPSA) is 79.8 Å². The molecule has 2 aromatic rings. The zero-order chi connectivity index (χ0) is 20.6. The van der Waals surface area contributed by atoms with E-state index in [1.54, 1.807) is 24.3 Å². The minimum Gasteiger partial charge on any atom is -0.494 e. The number of alkyl halides is 3. The van der Waals surface area contributed by atoms with Gasteiger partial charge in [-0.2, -0.15) is 18.3 Å². The molecule has 0 bridgehead atoms. The highest BCUT2D eigenvalue weighted by atomic mass is 19.4. The van der Waals surface area contributed by atoms with Crippen molar-refractivity contribution < 1.29 is 27.5 Å². The molecule has 148 valence electrons. The predicted molar refractivity (Wildman–Crippen MR) is 98.0 cm³/mol. The second-order valence-corrected chi connectivity index (χ2v) is 5.65. The molecule has 2 rings (SSSR count). The van der Waals surface area contributed by atoms with Gasteiger partial charge in [0.15, 0.2) is 0 Å². The molecule has 0 aliphatic rings. The number of carbonyl (C=O) groups is 2. The summed E-state index contributed by atoms with van der Waals surface area (Å²) >= 11 is 0. The van der Waals surface area contributed by atoms with Crippen molar-refractivity contribution in [1.82, 2.24) is 5.43 Å². The van der Waals surface area contributed by atoms with Gasteiger partial charge < -0.3 is 10.1 Å². The summed E-state index contributed by atoms with van der Waals surface area (Å²) in [7, 11) is 0. The number of carbonyl (C=O) groups excluding carboxylic acids is 2. The van der Waals surface area contributed by atoms with E-state index < -0.39 is 23.6 Å². The Labute approximate surface area is 159 Å². The summed E-state index contributed by atoms with van der Waals surface area (Å²) in [6.07, 6.45) is -2.38. The smallest absolute Gasteiger partial charge is 0.416 e. The highest BCUT2D eigenvalue weighted by Crippen LogP contribution is 2.30. The van der Waals surface area contributed by atoms with Crippen LogP contribution in [0.5, 0.6) is 5.75 Å². The van der Waals surface area contributed by atoms with Crippen molar-refractivity contribution in [1.29, 1.82) is 0 Å². The molecule has 0 unspecified atom stereocenters. The van der Waals surface area contributed by atoms with E-state index >= 15 is 0 Å². The average Bonchev–Trinajstić information content (AvgIpc) is 2.66. The molecular formula is C19H18F3N3O3. The molecule has 2 N–H and O–H groups in total. The minimum absolute atomic E-state index is 0.153. The summed E-state index contributed by atoms with van der Waals surface area (Å²) in [5, 5.41) is 5.75. The molecule has 6 nitrogen and oxygen atoms in total. The van der Waals surface area contributed by atoms with Crippen LogP contribution in [0.1, 0.15) is 24.5 Å². The Bertz CT molecular complexity index is 867. The normalized spacial score (nSPS) is 11.3. The van der Waals surface area contributed by atoms with E-state index in [1.807, 2.05) is 12.3 Å². The maximum Gasteiger partial charge on any atom is 0.416 e. The SMILES string of the molecule is CCCOc1cccc(/C=N\NC(=O)C(=O)Nc2cccc(C(F)(F)F)c2)c1. The molecular weight excluding hydrogens is 375 g/mol. The summed E-state index contributed by atoms with van der Waals surface area (Å²) in [6, 6.07) is 10.9. The fourth-order valence-corrected chi connectivity index (χ4v) is 2.08. The van der Waals surface area contributed by atoms with Gasteiger partial charge in [-0.1, -0.05) is 25.1 Å². The molecule has 0 saturated heterocycles. The molecule has 0 saturated carbocycles. The molecule has 0 heterocycles. The lowest BCUT2D eigenvalue weighted by atomic mass is 10.2. The van der Waals surface area contributed by atoms with E-state index in [0.717, 1.165) is 24.6 Å². The number of amides is 2. The second kappa shape index (κ2) is 9.54. The first-order valence-electron chi connectivity index (χ1n) is 8.34. The maximum atomic E-state index is 12.7. The van der Waals surface area contributed by atoms with Gasteiger partial charge in [0, 0.05) is 5.69 Å². The number of hydrazone groups is 1. The molecule has 9 heteroatoms. The van der Waals surface area contributed by atoms with Crippen LogP contribution in [0.25, 0.3) is 0 Å². The van der Waals surface area contributed by atoms with Crippen LogP contribution in [0.15, 0.2) is 53.6 Å². The Morgan fingerprint density at radius 2 is 1.86 bits per heavy atom. The van der Waals surface area contributed by atoms with Crippen molar-refractivity contribution in [2.45, 2.75) is 19.5 Å². The van der Waals surface area contributed by atoms with Crippen molar-refractivity contribution >= 4 is 23.7 Å². The Kier molecular flexibility index (Phi) is 7.14. The number of hydrogen-bond acceptors (Lipinski definition) is 4.